The van der Waals surface area contributed by atoms with Gasteiger partial charge in [0.15, 0.2) is 11.6 Å². The monoisotopic (exact) mass is 628 g/mol. The molecule has 10 nitrogen and oxygen atoms in total. The molecule has 16 heteroatoms. The van der Waals surface area contributed by atoms with Crippen LogP contribution in [0.15, 0.2) is 24.3 Å². The van der Waals surface area contributed by atoms with Crippen LogP contribution in [0.4, 0.5) is 39.4 Å². The SMILES string of the molecule is Cc1cc(Nc2cc3nc(CN4CCC(F)(F)CC4)ccc3c(NC3C[C@H]4CC[C@@H](C3)N4S(=O)(=O)CC(F)(F)F)n2)n[nH]1. The average molecular weight is 629 g/mol. The Labute approximate surface area is 245 Å². The number of nitrogens with one attached hydrogen (secondary N) is 3. The number of aryl methyl sites for hydroxylation is 1. The first kappa shape index (κ1) is 29.9. The number of aromatic nitrogens is 4. The molecule has 1 unspecified atom stereocenters. The number of likely N-dealkylation sites (tertiary alicyclic amines) is 1. The van der Waals surface area contributed by atoms with Gasteiger partial charge in [0.25, 0.3) is 5.92 Å². The molecule has 3 N–H and O–H groups in total. The van der Waals surface area contributed by atoms with Crippen molar-refractivity contribution < 1.29 is 30.4 Å². The van der Waals surface area contributed by atoms with Gasteiger partial charge in [-0.25, -0.2) is 22.2 Å². The summed E-state index contributed by atoms with van der Waals surface area (Å²) < 4.78 is 92.6. The molecule has 6 rings (SSSR count). The van der Waals surface area contributed by atoms with Gasteiger partial charge in [0.05, 0.1) is 11.2 Å². The Kier molecular flexibility index (Phi) is 7.74. The third-order valence-corrected chi connectivity index (χ3v) is 10.3. The van der Waals surface area contributed by atoms with Gasteiger partial charge in [-0.1, -0.05) is 0 Å². The van der Waals surface area contributed by atoms with E-state index in [9.17, 15) is 30.4 Å². The van der Waals surface area contributed by atoms with Crippen molar-refractivity contribution in [3.05, 3.63) is 35.7 Å². The quantitative estimate of drug-likeness (QED) is 0.301. The highest BCUT2D eigenvalue weighted by atomic mass is 32.2. The van der Waals surface area contributed by atoms with Gasteiger partial charge in [-0.2, -0.15) is 22.6 Å². The van der Waals surface area contributed by atoms with Crippen LogP contribution in [0.5, 0.6) is 0 Å². The summed E-state index contributed by atoms with van der Waals surface area (Å²) in [5, 5.41) is 14.4. The van der Waals surface area contributed by atoms with Crippen molar-refractivity contribution in [3.8, 4) is 0 Å². The zero-order chi connectivity index (χ0) is 30.6. The van der Waals surface area contributed by atoms with Crippen LogP contribution in [0.1, 0.15) is 49.9 Å². The smallest absolute Gasteiger partial charge is 0.367 e. The number of alkyl halides is 5. The molecule has 0 aliphatic carbocycles. The predicted octanol–water partition coefficient (Wildman–Crippen LogP) is 4.94. The Hall–Kier alpha value is -3.11. The number of piperidine rings is 2. The number of aromatic amines is 1. The van der Waals surface area contributed by atoms with E-state index in [1.165, 1.54) is 0 Å². The highest BCUT2D eigenvalue weighted by molar-refractivity contribution is 7.89. The summed E-state index contributed by atoms with van der Waals surface area (Å²) in [6.45, 7) is 2.84. The van der Waals surface area contributed by atoms with Gasteiger partial charge in [-0.15, -0.1) is 0 Å². The fraction of sp³-hybridized carbons (Fsp3) is 0.593. The predicted molar refractivity (Wildman–Crippen MR) is 151 cm³/mol. The van der Waals surface area contributed by atoms with Crippen LogP contribution in [0, 0.1) is 6.92 Å². The number of hydrogen-bond acceptors (Lipinski definition) is 8. The van der Waals surface area contributed by atoms with Gasteiger partial charge in [-0.05, 0) is 44.7 Å². The van der Waals surface area contributed by atoms with Gasteiger partial charge < -0.3 is 10.6 Å². The molecule has 3 aromatic rings. The maximum Gasteiger partial charge on any atom is 0.404 e. The number of H-pyrrole nitrogens is 1. The van der Waals surface area contributed by atoms with E-state index in [1.807, 2.05) is 30.0 Å². The minimum atomic E-state index is -4.80. The molecule has 3 saturated heterocycles. The van der Waals surface area contributed by atoms with Gasteiger partial charge in [0.1, 0.15) is 11.6 Å². The minimum Gasteiger partial charge on any atom is -0.367 e. The Morgan fingerprint density at radius 3 is 2.37 bits per heavy atom. The maximum atomic E-state index is 13.6. The highest BCUT2D eigenvalue weighted by Gasteiger charge is 2.50. The first-order valence-electron chi connectivity index (χ1n) is 14.3. The van der Waals surface area contributed by atoms with Crippen LogP contribution in [0.3, 0.4) is 0 Å². The fourth-order valence-electron chi connectivity index (χ4n) is 6.49. The summed E-state index contributed by atoms with van der Waals surface area (Å²) >= 11 is 0. The maximum absolute atomic E-state index is 13.6. The van der Waals surface area contributed by atoms with Crippen molar-refractivity contribution in [2.45, 2.75) is 82.2 Å². The Bertz CT molecular complexity index is 1570. The molecule has 2 bridgehead atoms. The van der Waals surface area contributed by atoms with Crippen molar-refractivity contribution in [2.24, 2.45) is 0 Å². The second-order valence-electron chi connectivity index (χ2n) is 11.8. The molecule has 0 aromatic carbocycles. The van der Waals surface area contributed by atoms with E-state index in [1.54, 1.807) is 6.07 Å². The number of fused-ring (bicyclic) bond motifs is 3. The molecule has 6 heterocycles. The van der Waals surface area contributed by atoms with E-state index in [4.69, 9.17) is 9.97 Å². The second kappa shape index (κ2) is 11.1. The molecular formula is C27H33F5N8O2S. The van der Waals surface area contributed by atoms with Crippen LogP contribution in [0.25, 0.3) is 10.9 Å². The number of hydrogen-bond donors (Lipinski definition) is 3. The number of pyridine rings is 2. The van der Waals surface area contributed by atoms with Gasteiger partial charge in [0.2, 0.25) is 10.0 Å². The summed E-state index contributed by atoms with van der Waals surface area (Å²) in [6, 6.07) is 6.02. The Balaban J connectivity index is 1.25. The molecule has 43 heavy (non-hydrogen) atoms. The first-order chi connectivity index (χ1) is 20.2. The summed E-state index contributed by atoms with van der Waals surface area (Å²) in [4.78, 5) is 11.5. The highest BCUT2D eigenvalue weighted by Crippen LogP contribution is 2.40. The normalized spacial score (nSPS) is 24.8. The van der Waals surface area contributed by atoms with Crippen LogP contribution in [-0.2, 0) is 16.6 Å². The number of anilines is 3. The lowest BCUT2D eigenvalue weighted by molar-refractivity contribution is -0.107. The van der Waals surface area contributed by atoms with Gasteiger partial charge in [-0.3, -0.25) is 15.0 Å². The Morgan fingerprint density at radius 2 is 1.74 bits per heavy atom. The second-order valence-corrected chi connectivity index (χ2v) is 13.7. The lowest BCUT2D eigenvalue weighted by Gasteiger charge is -2.38. The lowest BCUT2D eigenvalue weighted by atomic mass is 9.99. The van der Waals surface area contributed by atoms with Gasteiger partial charge in [0, 0.05) is 73.8 Å². The van der Waals surface area contributed by atoms with Crippen molar-refractivity contribution in [1.29, 1.82) is 0 Å². The molecule has 3 aromatic heterocycles. The van der Waals surface area contributed by atoms with Crippen LogP contribution >= 0.6 is 0 Å². The molecule has 0 radical (unpaired) electrons. The lowest BCUT2D eigenvalue weighted by Crippen LogP contribution is -2.51. The minimum absolute atomic E-state index is 0.186. The molecule has 0 saturated carbocycles. The molecule has 234 valence electrons. The van der Waals surface area contributed by atoms with Crippen molar-refractivity contribution >= 4 is 38.4 Å². The van der Waals surface area contributed by atoms with E-state index in [-0.39, 0.29) is 32.0 Å². The number of halogens is 5. The van der Waals surface area contributed by atoms with Crippen LogP contribution in [-0.4, -0.2) is 86.9 Å². The molecule has 3 fully saturated rings. The zero-order valence-corrected chi connectivity index (χ0v) is 24.3. The number of rotatable bonds is 8. The van der Waals surface area contributed by atoms with Crippen molar-refractivity contribution in [1.82, 2.24) is 29.4 Å². The fourth-order valence-corrected chi connectivity index (χ4v) is 8.35. The third-order valence-electron chi connectivity index (χ3n) is 8.35. The molecule has 3 atom stereocenters. The van der Waals surface area contributed by atoms with E-state index in [2.05, 4.69) is 20.8 Å². The standard InChI is InChI=1S/C27H33F5N8O2S/c1-16-10-24(38-37-16)35-23-13-22-21(5-2-17(33-22)14-39-8-6-26(28,29)7-9-39)25(36-23)34-18-11-19-3-4-20(12-18)40(19)43(41,42)15-27(30,31)32/h2,5,10,13,18-20H,3-4,6-9,11-12,14-15H2,1H3,(H3,34,35,36,37,38)/t18?,19-,20+. The summed E-state index contributed by atoms with van der Waals surface area (Å²) in [5.41, 5.74) is 2.18. The van der Waals surface area contributed by atoms with Crippen molar-refractivity contribution in [3.63, 3.8) is 0 Å². The third kappa shape index (κ3) is 6.85. The summed E-state index contributed by atoms with van der Waals surface area (Å²) in [5.74, 6) is -2.99. The number of sulfonamides is 1. The van der Waals surface area contributed by atoms with Crippen LogP contribution < -0.4 is 10.6 Å². The average Bonchev–Trinajstić information content (AvgIpc) is 3.44. The summed E-state index contributed by atoms with van der Waals surface area (Å²) in [7, 11) is -4.48. The first-order valence-corrected chi connectivity index (χ1v) is 15.9. The molecule has 0 amide bonds. The summed E-state index contributed by atoms with van der Waals surface area (Å²) in [6.07, 6.45) is -3.48. The van der Waals surface area contributed by atoms with Gasteiger partial charge >= 0.3 is 6.18 Å². The molecule has 3 aliphatic rings. The van der Waals surface area contributed by atoms with E-state index in [0.29, 0.717) is 60.6 Å². The largest absolute Gasteiger partial charge is 0.404 e. The molecular weight excluding hydrogens is 595 g/mol. The zero-order valence-electron chi connectivity index (χ0n) is 23.5. The van der Waals surface area contributed by atoms with Crippen LogP contribution in [0.2, 0.25) is 0 Å². The topological polar surface area (TPSA) is 119 Å². The molecule has 0 spiro atoms. The van der Waals surface area contributed by atoms with E-state index < -0.39 is 40.0 Å². The van der Waals surface area contributed by atoms with E-state index in [0.717, 1.165) is 15.7 Å². The van der Waals surface area contributed by atoms with Crippen molar-refractivity contribution in [2.75, 3.05) is 29.5 Å². The Morgan fingerprint density at radius 1 is 1.05 bits per heavy atom. The molecule has 3 aliphatic heterocycles. The number of nitrogens with zero attached hydrogens (tertiary/aromatic N) is 5. The van der Waals surface area contributed by atoms with E-state index >= 15 is 0 Å².